The fourth-order valence-electron chi connectivity index (χ4n) is 3.46. The topological polar surface area (TPSA) is 60.6 Å². The van der Waals surface area contributed by atoms with Crippen LogP contribution in [0.2, 0.25) is 0 Å². The van der Waals surface area contributed by atoms with Gasteiger partial charge in [0.1, 0.15) is 11.5 Å². The molecular weight excluding hydrogens is 306 g/mol. The first-order chi connectivity index (χ1) is 11.8. The van der Waals surface area contributed by atoms with Crippen LogP contribution in [0.4, 0.5) is 0 Å². The van der Waals surface area contributed by atoms with Gasteiger partial charge in [-0.25, -0.2) is 0 Å². The Kier molecular flexibility index (Phi) is 4.14. The van der Waals surface area contributed by atoms with Gasteiger partial charge < -0.3 is 13.9 Å². The Morgan fingerprint density at radius 2 is 2.04 bits per heavy atom. The lowest BCUT2D eigenvalue weighted by atomic mass is 10.0. The first-order valence-electron chi connectivity index (χ1n) is 8.56. The number of aromatic nitrogens is 2. The molecule has 0 N–H and O–H groups in total. The summed E-state index contributed by atoms with van der Waals surface area (Å²) < 4.78 is 16.7. The quantitative estimate of drug-likeness (QED) is 0.810. The molecule has 2 aliphatic rings. The molecule has 0 bridgehead atoms. The van der Waals surface area contributed by atoms with Gasteiger partial charge >= 0.3 is 0 Å². The summed E-state index contributed by atoms with van der Waals surface area (Å²) in [7, 11) is 3.38. The van der Waals surface area contributed by atoms with Crippen molar-refractivity contribution in [3.05, 3.63) is 35.5 Å². The van der Waals surface area contributed by atoms with Crippen LogP contribution in [0.1, 0.15) is 55.0 Å². The normalized spacial score (nSPS) is 21.2. The van der Waals surface area contributed by atoms with Crippen LogP contribution in [0.3, 0.4) is 0 Å². The van der Waals surface area contributed by atoms with Crippen molar-refractivity contribution in [2.45, 2.75) is 44.2 Å². The van der Waals surface area contributed by atoms with Crippen molar-refractivity contribution in [1.29, 1.82) is 0 Å². The van der Waals surface area contributed by atoms with Crippen molar-refractivity contribution >= 4 is 0 Å². The Hall–Kier alpha value is -2.08. The molecule has 0 unspecified atom stereocenters. The zero-order valence-corrected chi connectivity index (χ0v) is 14.2. The van der Waals surface area contributed by atoms with E-state index in [1.807, 2.05) is 12.1 Å². The van der Waals surface area contributed by atoms with Crippen LogP contribution in [0.15, 0.2) is 22.6 Å². The minimum absolute atomic E-state index is 0.308. The minimum Gasteiger partial charge on any atom is -0.497 e. The average Bonchev–Trinajstić information content (AvgIpc) is 3.19. The predicted molar refractivity (Wildman–Crippen MR) is 88.2 cm³/mol. The number of nitrogens with zero attached hydrogens (tertiary/aromatic N) is 3. The second kappa shape index (κ2) is 6.43. The summed E-state index contributed by atoms with van der Waals surface area (Å²) in [5.74, 6) is 3.71. The molecule has 1 saturated heterocycles. The predicted octanol–water partition coefficient (Wildman–Crippen LogP) is 3.30. The van der Waals surface area contributed by atoms with Crippen LogP contribution in [-0.2, 0) is 6.54 Å². The SMILES string of the molecule is COc1ccc([C@@H]2CCCN2Cc2nnc(C3CC3)o2)c(OC)c1. The Bertz CT molecular complexity index is 711. The lowest BCUT2D eigenvalue weighted by Gasteiger charge is -2.25. The molecule has 0 amide bonds. The third-order valence-electron chi connectivity index (χ3n) is 4.91. The van der Waals surface area contributed by atoms with E-state index in [-0.39, 0.29) is 0 Å². The van der Waals surface area contributed by atoms with Crippen molar-refractivity contribution in [3.63, 3.8) is 0 Å². The Morgan fingerprint density at radius 1 is 1.17 bits per heavy atom. The third kappa shape index (κ3) is 2.98. The number of hydrogen-bond acceptors (Lipinski definition) is 6. The number of ether oxygens (including phenoxy) is 2. The molecule has 2 heterocycles. The van der Waals surface area contributed by atoms with Crippen molar-refractivity contribution in [1.82, 2.24) is 15.1 Å². The van der Waals surface area contributed by atoms with Gasteiger partial charge in [-0.15, -0.1) is 10.2 Å². The zero-order chi connectivity index (χ0) is 16.5. The van der Waals surface area contributed by atoms with E-state index in [9.17, 15) is 0 Å². The Labute approximate surface area is 141 Å². The van der Waals surface area contributed by atoms with Gasteiger partial charge in [-0.2, -0.15) is 0 Å². The van der Waals surface area contributed by atoms with E-state index < -0.39 is 0 Å². The summed E-state index contributed by atoms with van der Waals surface area (Å²) in [5.41, 5.74) is 1.19. The van der Waals surface area contributed by atoms with Crippen molar-refractivity contribution in [2.24, 2.45) is 0 Å². The number of likely N-dealkylation sites (tertiary alicyclic amines) is 1. The molecule has 128 valence electrons. The molecule has 0 spiro atoms. The van der Waals surface area contributed by atoms with E-state index in [1.54, 1.807) is 14.2 Å². The van der Waals surface area contributed by atoms with E-state index >= 15 is 0 Å². The van der Waals surface area contributed by atoms with E-state index in [0.29, 0.717) is 18.5 Å². The van der Waals surface area contributed by atoms with E-state index in [2.05, 4.69) is 21.2 Å². The maximum atomic E-state index is 5.83. The number of rotatable bonds is 6. The van der Waals surface area contributed by atoms with Crippen LogP contribution in [0.25, 0.3) is 0 Å². The molecule has 24 heavy (non-hydrogen) atoms. The van der Waals surface area contributed by atoms with Gasteiger partial charge in [0.05, 0.1) is 20.8 Å². The first-order valence-corrected chi connectivity index (χ1v) is 8.56. The molecule has 1 aliphatic carbocycles. The molecule has 1 aliphatic heterocycles. The largest absolute Gasteiger partial charge is 0.497 e. The lowest BCUT2D eigenvalue weighted by Crippen LogP contribution is -2.23. The first kappa shape index (κ1) is 15.4. The van der Waals surface area contributed by atoms with E-state index in [4.69, 9.17) is 13.9 Å². The Morgan fingerprint density at radius 3 is 2.79 bits per heavy atom. The zero-order valence-electron chi connectivity index (χ0n) is 14.2. The highest BCUT2D eigenvalue weighted by molar-refractivity contribution is 5.42. The molecule has 0 radical (unpaired) electrons. The summed E-state index contributed by atoms with van der Waals surface area (Å²) in [6.07, 6.45) is 4.61. The van der Waals surface area contributed by atoms with Crippen LogP contribution >= 0.6 is 0 Å². The van der Waals surface area contributed by atoms with Gasteiger partial charge in [-0.3, -0.25) is 4.90 Å². The van der Waals surface area contributed by atoms with Gasteiger partial charge in [0.15, 0.2) is 0 Å². The van der Waals surface area contributed by atoms with Crippen molar-refractivity contribution in [2.75, 3.05) is 20.8 Å². The fourth-order valence-corrected chi connectivity index (χ4v) is 3.46. The summed E-state index contributed by atoms with van der Waals surface area (Å²) in [6, 6.07) is 6.35. The monoisotopic (exact) mass is 329 g/mol. The number of methoxy groups -OCH3 is 2. The molecule has 2 aromatic rings. The van der Waals surface area contributed by atoms with Gasteiger partial charge in [0.2, 0.25) is 11.8 Å². The molecule has 4 rings (SSSR count). The van der Waals surface area contributed by atoms with Gasteiger partial charge in [0.25, 0.3) is 0 Å². The molecule has 6 nitrogen and oxygen atoms in total. The summed E-state index contributed by atoms with van der Waals surface area (Å²) in [5, 5.41) is 8.42. The second-order valence-corrected chi connectivity index (χ2v) is 6.54. The maximum absolute atomic E-state index is 5.83. The van der Waals surface area contributed by atoms with E-state index in [0.717, 1.165) is 42.7 Å². The highest BCUT2D eigenvalue weighted by atomic mass is 16.5. The van der Waals surface area contributed by atoms with Gasteiger partial charge in [-0.05, 0) is 38.3 Å². The van der Waals surface area contributed by atoms with Crippen LogP contribution in [-0.4, -0.2) is 35.9 Å². The highest BCUT2D eigenvalue weighted by Gasteiger charge is 2.32. The minimum atomic E-state index is 0.308. The molecule has 1 atom stereocenters. The lowest BCUT2D eigenvalue weighted by molar-refractivity contribution is 0.217. The number of benzene rings is 1. The average molecular weight is 329 g/mol. The molecular formula is C18H23N3O3. The third-order valence-corrected chi connectivity index (χ3v) is 4.91. The van der Waals surface area contributed by atoms with Gasteiger partial charge in [-0.1, -0.05) is 6.07 Å². The fraction of sp³-hybridized carbons (Fsp3) is 0.556. The van der Waals surface area contributed by atoms with Crippen LogP contribution < -0.4 is 9.47 Å². The smallest absolute Gasteiger partial charge is 0.230 e. The van der Waals surface area contributed by atoms with Gasteiger partial charge in [0, 0.05) is 23.6 Å². The standard InChI is InChI=1S/C18H23N3O3/c1-22-13-7-8-14(16(10-13)23-2)15-4-3-9-21(15)11-17-19-20-18(24-17)12-5-6-12/h7-8,10,12,15H,3-6,9,11H2,1-2H3/t15-/m0/s1. The molecule has 6 heteroatoms. The molecule has 1 saturated carbocycles. The van der Waals surface area contributed by atoms with Crippen LogP contribution in [0, 0.1) is 0 Å². The van der Waals surface area contributed by atoms with Crippen molar-refractivity contribution < 1.29 is 13.9 Å². The molecule has 1 aromatic carbocycles. The summed E-state index contributed by atoms with van der Waals surface area (Å²) in [6.45, 7) is 1.72. The number of hydrogen-bond donors (Lipinski definition) is 0. The second-order valence-electron chi connectivity index (χ2n) is 6.54. The van der Waals surface area contributed by atoms with E-state index in [1.165, 1.54) is 18.4 Å². The molecule has 2 fully saturated rings. The Balaban J connectivity index is 1.53. The summed E-state index contributed by atoms with van der Waals surface area (Å²) in [4.78, 5) is 2.40. The summed E-state index contributed by atoms with van der Waals surface area (Å²) >= 11 is 0. The highest BCUT2D eigenvalue weighted by Crippen LogP contribution is 2.41. The molecule has 1 aromatic heterocycles. The van der Waals surface area contributed by atoms with Crippen molar-refractivity contribution in [3.8, 4) is 11.5 Å². The van der Waals surface area contributed by atoms with Crippen LogP contribution in [0.5, 0.6) is 11.5 Å². The maximum Gasteiger partial charge on any atom is 0.230 e.